The molecule has 4 rings (SSSR count). The summed E-state index contributed by atoms with van der Waals surface area (Å²) in [6, 6.07) is 13.5. The summed E-state index contributed by atoms with van der Waals surface area (Å²) < 4.78 is 13.5. The van der Waals surface area contributed by atoms with Gasteiger partial charge in [-0.25, -0.2) is 14.4 Å². The number of pyridine rings is 1. The van der Waals surface area contributed by atoms with Crippen molar-refractivity contribution in [1.29, 1.82) is 0 Å². The molecule has 0 aliphatic heterocycles. The number of carbonyl (C=O) groups is 1. The summed E-state index contributed by atoms with van der Waals surface area (Å²) >= 11 is 1.45. The number of nitrogens with zero attached hydrogens (tertiary/aromatic N) is 3. The topological polar surface area (TPSA) is 67.8 Å². The fourth-order valence-corrected chi connectivity index (χ4v) is 3.80. The van der Waals surface area contributed by atoms with Crippen LogP contribution in [-0.4, -0.2) is 20.9 Å². The Bertz CT molecular complexity index is 1210. The Hall–Kier alpha value is -3.32. The highest BCUT2D eigenvalue weighted by atomic mass is 32.2. The van der Waals surface area contributed by atoms with Gasteiger partial charge in [0.05, 0.1) is 11.1 Å². The van der Waals surface area contributed by atoms with Crippen molar-refractivity contribution >= 4 is 34.3 Å². The zero-order chi connectivity index (χ0) is 20.4. The molecule has 4 aromatic rings. The molecule has 0 saturated carbocycles. The Balaban J connectivity index is 1.60. The molecule has 1 amide bonds. The van der Waals surface area contributed by atoms with Gasteiger partial charge >= 0.3 is 0 Å². The van der Waals surface area contributed by atoms with E-state index in [4.69, 9.17) is 0 Å². The van der Waals surface area contributed by atoms with E-state index in [1.54, 1.807) is 37.5 Å². The van der Waals surface area contributed by atoms with E-state index in [1.807, 2.05) is 25.1 Å². The van der Waals surface area contributed by atoms with Crippen LogP contribution in [0.3, 0.4) is 0 Å². The van der Waals surface area contributed by atoms with Gasteiger partial charge in [0.25, 0.3) is 5.91 Å². The van der Waals surface area contributed by atoms with Crippen LogP contribution in [0.15, 0.2) is 71.0 Å². The van der Waals surface area contributed by atoms with Gasteiger partial charge in [0.1, 0.15) is 5.82 Å². The second-order valence-corrected chi connectivity index (χ2v) is 7.58. The maximum atomic E-state index is 13.5. The molecule has 144 valence electrons. The minimum atomic E-state index is -0.381. The second-order valence-electron chi connectivity index (χ2n) is 6.54. The van der Waals surface area contributed by atoms with Gasteiger partial charge in [-0.3, -0.25) is 9.78 Å². The molecular weight excluding hydrogens is 387 g/mol. The number of rotatable bonds is 4. The van der Waals surface area contributed by atoms with E-state index in [0.717, 1.165) is 10.5 Å². The van der Waals surface area contributed by atoms with E-state index < -0.39 is 0 Å². The van der Waals surface area contributed by atoms with E-state index in [2.05, 4.69) is 20.3 Å². The summed E-state index contributed by atoms with van der Waals surface area (Å²) in [5.74, 6) is -0.643. The van der Waals surface area contributed by atoms with Crippen molar-refractivity contribution in [3.8, 4) is 0 Å². The van der Waals surface area contributed by atoms with Crippen LogP contribution in [0, 0.1) is 19.7 Å². The predicted molar refractivity (Wildman–Crippen MR) is 112 cm³/mol. The Morgan fingerprint density at radius 1 is 1.03 bits per heavy atom. The Labute approximate surface area is 171 Å². The quantitative estimate of drug-likeness (QED) is 0.475. The van der Waals surface area contributed by atoms with Gasteiger partial charge in [0.15, 0.2) is 5.16 Å². The minimum Gasteiger partial charge on any atom is -0.322 e. The zero-order valence-corrected chi connectivity index (χ0v) is 16.6. The summed E-state index contributed by atoms with van der Waals surface area (Å²) in [5, 5.41) is 4.22. The number of benzene rings is 2. The third kappa shape index (κ3) is 4.25. The lowest BCUT2D eigenvalue weighted by Gasteiger charge is -2.12. The first-order valence-corrected chi connectivity index (χ1v) is 9.75. The molecule has 0 radical (unpaired) electrons. The highest BCUT2D eigenvalue weighted by Gasteiger charge is 2.14. The molecule has 1 N–H and O–H groups in total. The van der Waals surface area contributed by atoms with Crippen LogP contribution in [0.1, 0.15) is 21.6 Å². The predicted octanol–water partition coefficient (Wildman–Crippen LogP) is 5.18. The van der Waals surface area contributed by atoms with Crippen molar-refractivity contribution in [1.82, 2.24) is 15.0 Å². The first-order valence-electron chi connectivity index (χ1n) is 8.93. The molecule has 0 saturated heterocycles. The van der Waals surface area contributed by atoms with Gasteiger partial charge in [0.2, 0.25) is 0 Å². The van der Waals surface area contributed by atoms with Crippen molar-refractivity contribution in [2.45, 2.75) is 23.9 Å². The molecule has 0 unspecified atom stereocenters. The number of halogens is 1. The monoisotopic (exact) mass is 404 g/mol. The molecule has 2 heterocycles. The number of carbonyl (C=O) groups excluding carboxylic acids is 1. The molecule has 0 bridgehead atoms. The first-order chi connectivity index (χ1) is 14.0. The van der Waals surface area contributed by atoms with Crippen molar-refractivity contribution in [2.75, 3.05) is 5.32 Å². The van der Waals surface area contributed by atoms with Crippen molar-refractivity contribution < 1.29 is 9.18 Å². The van der Waals surface area contributed by atoms with Crippen molar-refractivity contribution in [3.05, 3.63) is 83.6 Å². The van der Waals surface area contributed by atoms with Gasteiger partial charge in [-0.05, 0) is 73.6 Å². The van der Waals surface area contributed by atoms with Crippen LogP contribution >= 0.6 is 11.8 Å². The van der Waals surface area contributed by atoms with E-state index >= 15 is 0 Å². The molecule has 0 spiro atoms. The molecule has 5 nitrogen and oxygen atoms in total. The highest BCUT2D eigenvalue weighted by Crippen LogP contribution is 2.28. The van der Waals surface area contributed by atoms with Gasteiger partial charge < -0.3 is 5.32 Å². The Morgan fingerprint density at radius 2 is 1.83 bits per heavy atom. The summed E-state index contributed by atoms with van der Waals surface area (Å²) in [4.78, 5) is 26.6. The van der Waals surface area contributed by atoms with Gasteiger partial charge in [0, 0.05) is 40.1 Å². The normalized spacial score (nSPS) is 10.9. The number of nitrogens with one attached hydrogen (secondary N) is 1. The molecule has 2 aromatic carbocycles. The number of fused-ring (bicyclic) bond motifs is 1. The number of aromatic nitrogens is 3. The molecule has 29 heavy (non-hydrogen) atoms. The third-order valence-corrected chi connectivity index (χ3v) is 5.22. The highest BCUT2D eigenvalue weighted by molar-refractivity contribution is 7.99. The van der Waals surface area contributed by atoms with E-state index in [0.29, 0.717) is 33.0 Å². The Kier molecular flexibility index (Phi) is 5.22. The van der Waals surface area contributed by atoms with Gasteiger partial charge in [-0.2, -0.15) is 0 Å². The molecule has 0 atom stereocenters. The maximum Gasteiger partial charge on any atom is 0.256 e. The molecule has 2 aromatic heterocycles. The van der Waals surface area contributed by atoms with Crippen LogP contribution in [0.2, 0.25) is 0 Å². The largest absolute Gasteiger partial charge is 0.322 e. The fraction of sp³-hybridized carbons (Fsp3) is 0.0909. The summed E-state index contributed by atoms with van der Waals surface area (Å²) in [6.07, 6.45) is 3.40. The Morgan fingerprint density at radius 3 is 2.59 bits per heavy atom. The average molecular weight is 404 g/mol. The molecular formula is C22H17FN4OS. The molecule has 0 aliphatic carbocycles. The van der Waals surface area contributed by atoms with Crippen LogP contribution in [0.4, 0.5) is 10.1 Å². The van der Waals surface area contributed by atoms with Gasteiger partial charge in [-0.15, -0.1) is 0 Å². The molecule has 0 fully saturated rings. The standard InChI is InChI=1S/C22H17FN4OS/c1-13-10-16(29-22-24-8-3-9-25-22)5-7-19(13)27-21(28)18-11-14(2)26-20-12-15(23)4-6-17(18)20/h3-12H,1-2H3,(H,27,28). The van der Waals surface area contributed by atoms with Crippen molar-refractivity contribution in [2.24, 2.45) is 0 Å². The zero-order valence-electron chi connectivity index (χ0n) is 15.8. The van der Waals surface area contributed by atoms with Crippen molar-refractivity contribution in [3.63, 3.8) is 0 Å². The SMILES string of the molecule is Cc1cc(C(=O)Nc2ccc(Sc3ncccn3)cc2C)c2ccc(F)cc2n1. The summed E-state index contributed by atoms with van der Waals surface area (Å²) in [6.45, 7) is 3.71. The number of anilines is 1. The molecule has 0 aliphatic rings. The van der Waals surface area contributed by atoms with Crippen LogP contribution in [-0.2, 0) is 0 Å². The van der Waals surface area contributed by atoms with E-state index in [9.17, 15) is 9.18 Å². The first kappa shape index (κ1) is 19.0. The van der Waals surface area contributed by atoms with Crippen LogP contribution in [0.25, 0.3) is 10.9 Å². The van der Waals surface area contributed by atoms with Gasteiger partial charge in [-0.1, -0.05) is 0 Å². The maximum absolute atomic E-state index is 13.5. The third-order valence-electron chi connectivity index (χ3n) is 4.34. The second kappa shape index (κ2) is 7.97. The fourth-order valence-electron chi connectivity index (χ4n) is 2.99. The number of hydrogen-bond acceptors (Lipinski definition) is 5. The minimum absolute atomic E-state index is 0.262. The summed E-state index contributed by atoms with van der Waals surface area (Å²) in [5.41, 5.74) is 3.20. The smallest absolute Gasteiger partial charge is 0.256 e. The average Bonchev–Trinajstić information content (AvgIpc) is 2.69. The lowest BCUT2D eigenvalue weighted by Crippen LogP contribution is -2.14. The number of aryl methyl sites for hydroxylation is 2. The van der Waals surface area contributed by atoms with Crippen LogP contribution in [0.5, 0.6) is 0 Å². The number of hydrogen-bond donors (Lipinski definition) is 1. The number of amides is 1. The van der Waals surface area contributed by atoms with E-state index in [-0.39, 0.29) is 11.7 Å². The molecule has 7 heteroatoms. The van der Waals surface area contributed by atoms with Crippen LogP contribution < -0.4 is 5.32 Å². The lowest BCUT2D eigenvalue weighted by atomic mass is 10.1. The lowest BCUT2D eigenvalue weighted by molar-refractivity contribution is 0.102. The van der Waals surface area contributed by atoms with E-state index in [1.165, 1.54) is 23.9 Å². The summed E-state index contributed by atoms with van der Waals surface area (Å²) in [7, 11) is 0.